The fraction of sp³-hybridized carbons (Fsp3) is 0.565. The van der Waals surface area contributed by atoms with Crippen LogP contribution in [0.4, 0.5) is 0 Å². The third-order valence-electron chi connectivity index (χ3n) is 5.85. The Morgan fingerprint density at radius 1 is 1.25 bits per heavy atom. The maximum absolute atomic E-state index is 12.8. The molecular weight excluding hydrogens is 348 g/mol. The Labute approximate surface area is 169 Å². The van der Waals surface area contributed by atoms with Crippen molar-refractivity contribution in [1.82, 2.24) is 20.0 Å². The Morgan fingerprint density at radius 3 is 2.57 bits per heavy atom. The van der Waals surface area contributed by atoms with Gasteiger partial charge in [-0.15, -0.1) is 0 Å². The number of aromatic nitrogens is 2. The average Bonchev–Trinajstić information content (AvgIpc) is 3.05. The van der Waals surface area contributed by atoms with E-state index in [1.165, 1.54) is 24.0 Å². The number of rotatable bonds is 7. The fourth-order valence-corrected chi connectivity index (χ4v) is 3.98. The summed E-state index contributed by atoms with van der Waals surface area (Å²) in [5.41, 5.74) is 4.16. The topological polar surface area (TPSA) is 50.2 Å². The molecule has 1 aliphatic rings. The highest BCUT2D eigenvalue weighted by atomic mass is 16.2. The van der Waals surface area contributed by atoms with Gasteiger partial charge in [0.25, 0.3) is 5.91 Å². The molecule has 0 aliphatic carbocycles. The van der Waals surface area contributed by atoms with Gasteiger partial charge in [-0.1, -0.05) is 50.1 Å². The monoisotopic (exact) mass is 382 g/mol. The lowest BCUT2D eigenvalue weighted by atomic mass is 9.95. The molecule has 0 spiro atoms. The predicted molar refractivity (Wildman–Crippen MR) is 113 cm³/mol. The van der Waals surface area contributed by atoms with Crippen LogP contribution in [0.1, 0.15) is 66.5 Å². The van der Waals surface area contributed by atoms with E-state index in [0.717, 1.165) is 37.5 Å². The summed E-state index contributed by atoms with van der Waals surface area (Å²) in [5.74, 6) is 0.746. The molecule has 1 aliphatic heterocycles. The quantitative estimate of drug-likeness (QED) is 0.790. The lowest BCUT2D eigenvalue weighted by Crippen LogP contribution is -2.42. The van der Waals surface area contributed by atoms with Crippen LogP contribution in [0.15, 0.2) is 30.3 Å². The van der Waals surface area contributed by atoms with Gasteiger partial charge in [0.1, 0.15) is 5.69 Å². The van der Waals surface area contributed by atoms with Crippen LogP contribution in [0.2, 0.25) is 0 Å². The first-order valence-corrected chi connectivity index (χ1v) is 10.6. The van der Waals surface area contributed by atoms with Crippen LogP contribution in [-0.4, -0.2) is 40.2 Å². The molecule has 1 fully saturated rings. The van der Waals surface area contributed by atoms with Crippen molar-refractivity contribution in [2.45, 2.75) is 52.5 Å². The maximum Gasteiger partial charge on any atom is 0.269 e. The average molecular weight is 383 g/mol. The normalized spacial score (nSPS) is 16.9. The smallest absolute Gasteiger partial charge is 0.269 e. The highest BCUT2D eigenvalue weighted by Crippen LogP contribution is 2.26. The molecule has 0 saturated carbocycles. The molecule has 28 heavy (non-hydrogen) atoms. The zero-order chi connectivity index (χ0) is 20.1. The van der Waals surface area contributed by atoms with Gasteiger partial charge in [0.2, 0.25) is 0 Å². The zero-order valence-corrected chi connectivity index (χ0v) is 17.7. The van der Waals surface area contributed by atoms with Crippen molar-refractivity contribution in [3.8, 4) is 0 Å². The summed E-state index contributed by atoms with van der Waals surface area (Å²) < 4.78 is 1.70. The molecule has 5 nitrogen and oxygen atoms in total. The number of likely N-dealkylation sites (tertiary alicyclic amines) is 1. The van der Waals surface area contributed by atoms with Crippen molar-refractivity contribution in [3.05, 3.63) is 52.8 Å². The number of hydrogen-bond acceptors (Lipinski definition) is 3. The Bertz CT molecular complexity index is 772. The first-order valence-electron chi connectivity index (χ1n) is 10.6. The molecule has 1 amide bonds. The van der Waals surface area contributed by atoms with Gasteiger partial charge in [-0.2, -0.15) is 5.10 Å². The van der Waals surface area contributed by atoms with E-state index in [9.17, 15) is 4.79 Å². The number of benzene rings is 1. The molecule has 0 bridgehead atoms. The highest BCUT2D eigenvalue weighted by Gasteiger charge is 2.25. The van der Waals surface area contributed by atoms with E-state index in [1.807, 2.05) is 13.1 Å². The molecule has 0 unspecified atom stereocenters. The number of piperidine rings is 1. The molecule has 1 saturated heterocycles. The van der Waals surface area contributed by atoms with Gasteiger partial charge in [-0.05, 0) is 56.8 Å². The Kier molecular flexibility index (Phi) is 6.89. The number of nitrogens with zero attached hydrogens (tertiary/aromatic N) is 3. The number of hydrogen-bond donors (Lipinski definition) is 1. The minimum Gasteiger partial charge on any atom is -0.349 e. The van der Waals surface area contributed by atoms with Crippen molar-refractivity contribution in [1.29, 1.82) is 0 Å². The van der Waals surface area contributed by atoms with E-state index in [1.54, 1.807) is 4.68 Å². The molecule has 5 heteroatoms. The SMILES string of the molecule is CCCc1cc(C(=O)NC[C@H](c2ccc(C)cc2)N2CCC(C)CC2)n(C)n1. The van der Waals surface area contributed by atoms with Gasteiger partial charge in [0, 0.05) is 13.6 Å². The van der Waals surface area contributed by atoms with Crippen molar-refractivity contribution >= 4 is 5.91 Å². The van der Waals surface area contributed by atoms with Crippen molar-refractivity contribution < 1.29 is 4.79 Å². The van der Waals surface area contributed by atoms with Gasteiger partial charge in [-0.3, -0.25) is 14.4 Å². The summed E-state index contributed by atoms with van der Waals surface area (Å²) in [4.78, 5) is 15.3. The van der Waals surface area contributed by atoms with Crippen LogP contribution in [0, 0.1) is 12.8 Å². The molecule has 3 rings (SSSR count). The Morgan fingerprint density at radius 2 is 1.93 bits per heavy atom. The zero-order valence-electron chi connectivity index (χ0n) is 17.7. The third-order valence-corrected chi connectivity index (χ3v) is 5.85. The van der Waals surface area contributed by atoms with Crippen LogP contribution in [0.25, 0.3) is 0 Å². The highest BCUT2D eigenvalue weighted by molar-refractivity contribution is 5.92. The van der Waals surface area contributed by atoms with Crippen LogP contribution < -0.4 is 5.32 Å². The third kappa shape index (κ3) is 5.02. The van der Waals surface area contributed by atoms with E-state index < -0.39 is 0 Å². The van der Waals surface area contributed by atoms with E-state index in [4.69, 9.17) is 0 Å². The minimum atomic E-state index is -0.0418. The molecular formula is C23H34N4O. The lowest BCUT2D eigenvalue weighted by molar-refractivity contribution is 0.0904. The molecule has 1 aromatic heterocycles. The van der Waals surface area contributed by atoms with Gasteiger partial charge < -0.3 is 5.32 Å². The molecule has 152 valence electrons. The second-order valence-electron chi connectivity index (χ2n) is 8.25. The van der Waals surface area contributed by atoms with Crippen molar-refractivity contribution in [2.75, 3.05) is 19.6 Å². The maximum atomic E-state index is 12.8. The molecule has 2 heterocycles. The van der Waals surface area contributed by atoms with E-state index in [2.05, 4.69) is 60.4 Å². The van der Waals surface area contributed by atoms with Gasteiger partial charge in [0.15, 0.2) is 0 Å². The van der Waals surface area contributed by atoms with E-state index >= 15 is 0 Å². The Balaban J connectivity index is 1.72. The lowest BCUT2D eigenvalue weighted by Gasteiger charge is -2.37. The van der Waals surface area contributed by atoms with Gasteiger partial charge in [0.05, 0.1) is 11.7 Å². The summed E-state index contributed by atoms with van der Waals surface area (Å²) >= 11 is 0. The number of carbonyl (C=O) groups excluding carboxylic acids is 1. The molecule has 1 N–H and O–H groups in total. The second-order valence-corrected chi connectivity index (χ2v) is 8.25. The first-order chi connectivity index (χ1) is 13.5. The number of amides is 1. The summed E-state index contributed by atoms with van der Waals surface area (Å²) in [6.45, 7) is 9.35. The molecule has 1 aromatic carbocycles. The van der Waals surface area contributed by atoms with E-state index in [-0.39, 0.29) is 11.9 Å². The number of aryl methyl sites for hydroxylation is 3. The molecule has 0 radical (unpaired) electrons. The van der Waals surface area contributed by atoms with Crippen LogP contribution in [0.3, 0.4) is 0 Å². The van der Waals surface area contributed by atoms with Crippen LogP contribution in [0.5, 0.6) is 0 Å². The van der Waals surface area contributed by atoms with Crippen LogP contribution >= 0.6 is 0 Å². The number of carbonyl (C=O) groups is 1. The summed E-state index contributed by atoms with van der Waals surface area (Å²) in [6, 6.07) is 10.9. The summed E-state index contributed by atoms with van der Waals surface area (Å²) in [7, 11) is 1.84. The van der Waals surface area contributed by atoms with Gasteiger partial charge in [-0.25, -0.2) is 0 Å². The Hall–Kier alpha value is -2.14. The minimum absolute atomic E-state index is 0.0418. The largest absolute Gasteiger partial charge is 0.349 e. The van der Waals surface area contributed by atoms with Crippen LogP contribution in [-0.2, 0) is 13.5 Å². The predicted octanol–water partition coefficient (Wildman–Crippen LogP) is 3.88. The van der Waals surface area contributed by atoms with Crippen molar-refractivity contribution in [3.63, 3.8) is 0 Å². The standard InChI is InChI=1S/C23H34N4O/c1-5-6-20-15-21(26(4)25-20)23(28)24-16-22(19-9-7-17(2)8-10-19)27-13-11-18(3)12-14-27/h7-10,15,18,22H,5-6,11-14,16H2,1-4H3,(H,24,28)/t22-/m1/s1. The van der Waals surface area contributed by atoms with Gasteiger partial charge >= 0.3 is 0 Å². The molecule has 1 atom stereocenters. The summed E-state index contributed by atoms with van der Waals surface area (Å²) in [6.07, 6.45) is 4.37. The fourth-order valence-electron chi connectivity index (χ4n) is 3.98. The second kappa shape index (κ2) is 9.37. The summed E-state index contributed by atoms with van der Waals surface area (Å²) in [5, 5.41) is 7.64. The number of nitrogens with one attached hydrogen (secondary N) is 1. The van der Waals surface area contributed by atoms with Crippen molar-refractivity contribution in [2.24, 2.45) is 13.0 Å². The molecule has 2 aromatic rings. The first kappa shape index (κ1) is 20.6. The van der Waals surface area contributed by atoms with E-state index in [0.29, 0.717) is 12.2 Å².